The quantitative estimate of drug-likeness (QED) is 0.817. The summed E-state index contributed by atoms with van der Waals surface area (Å²) in [4.78, 5) is 0. The lowest BCUT2D eigenvalue weighted by Crippen LogP contribution is -2.40. The van der Waals surface area contributed by atoms with E-state index in [-0.39, 0.29) is 5.41 Å². The van der Waals surface area contributed by atoms with Crippen molar-refractivity contribution < 1.29 is 9.84 Å². The summed E-state index contributed by atoms with van der Waals surface area (Å²) in [5.74, 6) is 1.44. The Kier molecular flexibility index (Phi) is 5.77. The predicted octanol–water partition coefficient (Wildman–Crippen LogP) is 4.45. The molecule has 3 heteroatoms. The molecule has 25 heavy (non-hydrogen) atoms. The van der Waals surface area contributed by atoms with E-state index in [9.17, 15) is 5.11 Å². The van der Waals surface area contributed by atoms with Crippen molar-refractivity contribution in [2.24, 2.45) is 17.1 Å². The van der Waals surface area contributed by atoms with Crippen LogP contribution in [0.15, 0.2) is 54.6 Å². The minimum absolute atomic E-state index is 0.190. The molecule has 0 aromatic heterocycles. The maximum absolute atomic E-state index is 11.0. The number of aliphatic hydroxyl groups excluding tert-OH is 1. The standard InChI is InChI=1S/C22H29NO2/c1-17-6-5-13-22(14-17,16-23)21(24)19-9-11-20(12-10-19)25-15-18-7-3-2-4-8-18/h2-4,7-12,17,21,24H,5-6,13-16,23H2,1H3. The molecule has 0 heterocycles. The van der Waals surface area contributed by atoms with Crippen LogP contribution >= 0.6 is 0 Å². The molecule has 1 fully saturated rings. The van der Waals surface area contributed by atoms with Crippen molar-refractivity contribution in [3.8, 4) is 5.75 Å². The Morgan fingerprint density at radius 3 is 2.52 bits per heavy atom. The van der Waals surface area contributed by atoms with Crippen LogP contribution in [0.1, 0.15) is 49.8 Å². The number of benzene rings is 2. The Hall–Kier alpha value is -1.84. The second-order valence-electron chi connectivity index (χ2n) is 7.51. The summed E-state index contributed by atoms with van der Waals surface area (Å²) in [5.41, 5.74) is 7.99. The van der Waals surface area contributed by atoms with Gasteiger partial charge in [-0.05, 0) is 42.0 Å². The van der Waals surface area contributed by atoms with Crippen LogP contribution in [0.5, 0.6) is 5.75 Å². The highest BCUT2D eigenvalue weighted by Crippen LogP contribution is 2.47. The van der Waals surface area contributed by atoms with E-state index in [0.717, 1.165) is 36.1 Å². The molecular weight excluding hydrogens is 310 g/mol. The van der Waals surface area contributed by atoms with Crippen molar-refractivity contribution in [3.05, 3.63) is 65.7 Å². The van der Waals surface area contributed by atoms with Gasteiger partial charge in [0.1, 0.15) is 12.4 Å². The lowest BCUT2D eigenvalue weighted by molar-refractivity contribution is -0.0131. The van der Waals surface area contributed by atoms with E-state index in [1.165, 1.54) is 6.42 Å². The van der Waals surface area contributed by atoms with Gasteiger partial charge in [0.25, 0.3) is 0 Å². The fraction of sp³-hybridized carbons (Fsp3) is 0.455. The molecule has 0 aliphatic heterocycles. The van der Waals surface area contributed by atoms with Crippen molar-refractivity contribution >= 4 is 0 Å². The number of hydrogen-bond donors (Lipinski definition) is 2. The highest BCUT2D eigenvalue weighted by molar-refractivity contribution is 5.30. The first kappa shape index (κ1) is 18.0. The zero-order valence-electron chi connectivity index (χ0n) is 15.0. The number of aliphatic hydroxyl groups is 1. The Morgan fingerprint density at radius 1 is 1.16 bits per heavy atom. The first-order valence-corrected chi connectivity index (χ1v) is 9.28. The Balaban J connectivity index is 1.66. The first-order valence-electron chi connectivity index (χ1n) is 9.28. The second kappa shape index (κ2) is 8.03. The number of ether oxygens (including phenoxy) is 1. The summed E-state index contributed by atoms with van der Waals surface area (Å²) in [6, 6.07) is 17.9. The van der Waals surface area contributed by atoms with Gasteiger partial charge in [0.2, 0.25) is 0 Å². The summed E-state index contributed by atoms with van der Waals surface area (Å²) < 4.78 is 5.83. The second-order valence-corrected chi connectivity index (χ2v) is 7.51. The molecule has 0 spiro atoms. The molecule has 3 N–H and O–H groups in total. The third-order valence-corrected chi connectivity index (χ3v) is 5.56. The fourth-order valence-electron chi connectivity index (χ4n) is 4.09. The van der Waals surface area contributed by atoms with Crippen LogP contribution in [0, 0.1) is 11.3 Å². The highest BCUT2D eigenvalue weighted by atomic mass is 16.5. The largest absolute Gasteiger partial charge is 0.489 e. The topological polar surface area (TPSA) is 55.5 Å². The van der Waals surface area contributed by atoms with Crippen LogP contribution in [-0.2, 0) is 6.61 Å². The summed E-state index contributed by atoms with van der Waals surface area (Å²) in [7, 11) is 0. The molecular formula is C22H29NO2. The summed E-state index contributed by atoms with van der Waals surface area (Å²) in [6.45, 7) is 3.34. The highest BCUT2D eigenvalue weighted by Gasteiger charge is 2.40. The molecule has 0 radical (unpaired) electrons. The molecule has 1 saturated carbocycles. The molecule has 0 saturated heterocycles. The van der Waals surface area contributed by atoms with E-state index in [1.807, 2.05) is 54.6 Å². The van der Waals surface area contributed by atoms with Crippen LogP contribution in [-0.4, -0.2) is 11.7 Å². The molecule has 3 unspecified atom stereocenters. The van der Waals surface area contributed by atoms with E-state index in [2.05, 4.69) is 6.92 Å². The SMILES string of the molecule is CC1CCCC(CN)(C(O)c2ccc(OCc3ccccc3)cc2)C1. The van der Waals surface area contributed by atoms with Gasteiger partial charge >= 0.3 is 0 Å². The fourth-order valence-corrected chi connectivity index (χ4v) is 4.09. The van der Waals surface area contributed by atoms with Crippen molar-refractivity contribution in [2.45, 2.75) is 45.3 Å². The van der Waals surface area contributed by atoms with Gasteiger partial charge in [0.05, 0.1) is 6.10 Å². The van der Waals surface area contributed by atoms with Gasteiger partial charge in [-0.1, -0.05) is 62.2 Å². The predicted molar refractivity (Wildman–Crippen MR) is 101 cm³/mol. The van der Waals surface area contributed by atoms with Crippen LogP contribution in [0.4, 0.5) is 0 Å². The Morgan fingerprint density at radius 2 is 1.88 bits per heavy atom. The van der Waals surface area contributed by atoms with Gasteiger partial charge in [0.15, 0.2) is 0 Å². The molecule has 0 bridgehead atoms. The zero-order chi connectivity index (χ0) is 17.7. The molecule has 1 aliphatic carbocycles. The summed E-state index contributed by atoms with van der Waals surface area (Å²) in [5, 5.41) is 11.0. The molecule has 3 rings (SSSR count). The van der Waals surface area contributed by atoms with Gasteiger partial charge in [-0.3, -0.25) is 0 Å². The van der Waals surface area contributed by atoms with E-state index in [1.54, 1.807) is 0 Å². The third kappa shape index (κ3) is 4.23. The van der Waals surface area contributed by atoms with Gasteiger partial charge < -0.3 is 15.6 Å². The molecule has 1 aliphatic rings. The maximum Gasteiger partial charge on any atom is 0.119 e. The molecule has 3 atom stereocenters. The monoisotopic (exact) mass is 339 g/mol. The van der Waals surface area contributed by atoms with Crippen molar-refractivity contribution in [3.63, 3.8) is 0 Å². The minimum atomic E-state index is -0.511. The third-order valence-electron chi connectivity index (χ3n) is 5.56. The minimum Gasteiger partial charge on any atom is -0.489 e. The molecule has 2 aromatic carbocycles. The van der Waals surface area contributed by atoms with E-state index < -0.39 is 6.10 Å². The lowest BCUT2D eigenvalue weighted by atomic mass is 9.65. The van der Waals surface area contributed by atoms with Crippen LogP contribution < -0.4 is 10.5 Å². The number of nitrogens with two attached hydrogens (primary N) is 1. The van der Waals surface area contributed by atoms with Gasteiger partial charge in [-0.2, -0.15) is 0 Å². The van der Waals surface area contributed by atoms with Crippen molar-refractivity contribution in [1.29, 1.82) is 0 Å². The molecule has 0 amide bonds. The lowest BCUT2D eigenvalue weighted by Gasteiger charge is -2.43. The maximum atomic E-state index is 11.0. The van der Waals surface area contributed by atoms with E-state index >= 15 is 0 Å². The van der Waals surface area contributed by atoms with Crippen molar-refractivity contribution in [2.75, 3.05) is 6.54 Å². The average molecular weight is 339 g/mol. The number of rotatable bonds is 6. The van der Waals surface area contributed by atoms with Crippen molar-refractivity contribution in [1.82, 2.24) is 0 Å². The van der Waals surface area contributed by atoms with Crippen LogP contribution in [0.2, 0.25) is 0 Å². The zero-order valence-corrected chi connectivity index (χ0v) is 15.0. The number of hydrogen-bond acceptors (Lipinski definition) is 3. The molecule has 2 aromatic rings. The summed E-state index contributed by atoms with van der Waals surface area (Å²) in [6.07, 6.45) is 3.87. The van der Waals surface area contributed by atoms with E-state index in [0.29, 0.717) is 19.1 Å². The van der Waals surface area contributed by atoms with Crippen LogP contribution in [0.3, 0.4) is 0 Å². The average Bonchev–Trinajstić information content (AvgIpc) is 2.67. The van der Waals surface area contributed by atoms with Gasteiger partial charge in [0, 0.05) is 12.0 Å². The normalized spacial score (nSPS) is 24.7. The first-order chi connectivity index (χ1) is 12.1. The Labute approximate surface area is 150 Å². The van der Waals surface area contributed by atoms with Crippen LogP contribution in [0.25, 0.3) is 0 Å². The summed E-state index contributed by atoms with van der Waals surface area (Å²) >= 11 is 0. The molecule has 3 nitrogen and oxygen atoms in total. The van der Waals surface area contributed by atoms with Gasteiger partial charge in [-0.15, -0.1) is 0 Å². The van der Waals surface area contributed by atoms with E-state index in [4.69, 9.17) is 10.5 Å². The smallest absolute Gasteiger partial charge is 0.119 e. The van der Waals surface area contributed by atoms with Gasteiger partial charge in [-0.25, -0.2) is 0 Å². The molecule has 134 valence electrons. The Bertz CT molecular complexity index is 655.